The van der Waals surface area contributed by atoms with E-state index in [-0.39, 0.29) is 11.9 Å². The van der Waals surface area contributed by atoms with E-state index in [1.807, 2.05) is 18.2 Å². The summed E-state index contributed by atoms with van der Waals surface area (Å²) >= 11 is 0. The van der Waals surface area contributed by atoms with Crippen molar-refractivity contribution in [2.45, 2.75) is 25.3 Å². The number of benzene rings is 1. The molecule has 2 heterocycles. The van der Waals surface area contributed by atoms with Gasteiger partial charge in [-0.3, -0.25) is 9.89 Å². The second-order valence-electron chi connectivity index (χ2n) is 4.66. The maximum Gasteiger partial charge on any atom is 0.241 e. The minimum atomic E-state index is -0.0567. The minimum Gasteiger partial charge on any atom is -0.325 e. The monoisotopic (exact) mass is 244 g/mol. The van der Waals surface area contributed by atoms with E-state index in [1.54, 1.807) is 6.20 Å². The Morgan fingerprint density at radius 2 is 2.33 bits per heavy atom. The van der Waals surface area contributed by atoms with Crippen LogP contribution in [-0.2, 0) is 4.79 Å². The van der Waals surface area contributed by atoms with Gasteiger partial charge in [-0.15, -0.1) is 0 Å². The molecule has 0 spiro atoms. The lowest BCUT2D eigenvalue weighted by molar-refractivity contribution is -0.118. The number of carbonyl (C=O) groups excluding carboxylic acids is 1. The molecular weight excluding hydrogens is 228 g/mol. The Morgan fingerprint density at radius 1 is 1.39 bits per heavy atom. The van der Waals surface area contributed by atoms with Gasteiger partial charge in [0.05, 0.1) is 17.8 Å². The topological polar surface area (TPSA) is 69.8 Å². The third-order valence-corrected chi connectivity index (χ3v) is 3.33. The SMILES string of the molecule is O=C(Nc1ccc2[nH]ncc2c1)[C@H]1CCCCN1. The minimum absolute atomic E-state index is 0.0533. The van der Waals surface area contributed by atoms with Gasteiger partial charge in [0.15, 0.2) is 0 Å². The Kier molecular flexibility index (Phi) is 2.98. The van der Waals surface area contributed by atoms with Crippen LogP contribution >= 0.6 is 0 Å². The Labute approximate surface area is 105 Å². The Morgan fingerprint density at radius 3 is 3.17 bits per heavy atom. The summed E-state index contributed by atoms with van der Waals surface area (Å²) in [5.41, 5.74) is 1.80. The van der Waals surface area contributed by atoms with Crippen LogP contribution in [0.25, 0.3) is 10.9 Å². The number of nitrogens with zero attached hydrogens (tertiary/aromatic N) is 1. The number of H-pyrrole nitrogens is 1. The Balaban J connectivity index is 1.72. The molecule has 3 rings (SSSR count). The van der Waals surface area contributed by atoms with Crippen molar-refractivity contribution in [3.8, 4) is 0 Å². The van der Waals surface area contributed by atoms with Gasteiger partial charge in [-0.25, -0.2) is 0 Å². The van der Waals surface area contributed by atoms with Crippen LogP contribution in [0, 0.1) is 0 Å². The number of hydrogen-bond acceptors (Lipinski definition) is 3. The van der Waals surface area contributed by atoms with Crippen molar-refractivity contribution in [2.75, 3.05) is 11.9 Å². The van der Waals surface area contributed by atoms with Crippen LogP contribution in [0.15, 0.2) is 24.4 Å². The standard InChI is InChI=1S/C13H16N4O/c18-13(12-3-1-2-6-14-12)16-10-4-5-11-9(7-10)8-15-17-11/h4-5,7-8,12,14H,1-3,6H2,(H,15,17)(H,16,18)/t12-/m1/s1. The van der Waals surface area contributed by atoms with Crippen LogP contribution in [-0.4, -0.2) is 28.7 Å². The van der Waals surface area contributed by atoms with Gasteiger partial charge in [0.25, 0.3) is 0 Å². The van der Waals surface area contributed by atoms with Crippen molar-refractivity contribution in [2.24, 2.45) is 0 Å². The van der Waals surface area contributed by atoms with Crippen LogP contribution in [0.4, 0.5) is 5.69 Å². The van der Waals surface area contributed by atoms with Gasteiger partial charge < -0.3 is 10.6 Å². The molecule has 1 fully saturated rings. The van der Waals surface area contributed by atoms with E-state index in [4.69, 9.17) is 0 Å². The number of nitrogens with one attached hydrogen (secondary N) is 3. The first-order chi connectivity index (χ1) is 8.83. The lowest BCUT2D eigenvalue weighted by atomic mass is 10.0. The molecule has 1 aliphatic rings. The van der Waals surface area contributed by atoms with E-state index in [0.29, 0.717) is 0 Å². The molecule has 1 saturated heterocycles. The zero-order valence-electron chi connectivity index (χ0n) is 10.1. The number of piperidine rings is 1. The van der Waals surface area contributed by atoms with Crippen molar-refractivity contribution in [3.05, 3.63) is 24.4 Å². The first-order valence-electron chi connectivity index (χ1n) is 6.30. The van der Waals surface area contributed by atoms with E-state index in [1.165, 1.54) is 0 Å². The predicted octanol–water partition coefficient (Wildman–Crippen LogP) is 1.64. The lowest BCUT2D eigenvalue weighted by Gasteiger charge is -2.22. The highest BCUT2D eigenvalue weighted by molar-refractivity contribution is 5.96. The zero-order chi connectivity index (χ0) is 12.4. The number of aromatic nitrogens is 2. The number of aromatic amines is 1. The summed E-state index contributed by atoms with van der Waals surface area (Å²) in [4.78, 5) is 12.0. The van der Waals surface area contributed by atoms with Crippen molar-refractivity contribution >= 4 is 22.5 Å². The molecule has 1 aromatic heterocycles. The van der Waals surface area contributed by atoms with Crippen LogP contribution in [0.5, 0.6) is 0 Å². The molecule has 5 heteroatoms. The van der Waals surface area contributed by atoms with Gasteiger partial charge in [-0.2, -0.15) is 5.10 Å². The fourth-order valence-electron chi connectivity index (χ4n) is 2.33. The van der Waals surface area contributed by atoms with E-state index >= 15 is 0 Å². The van der Waals surface area contributed by atoms with Crippen molar-refractivity contribution < 1.29 is 4.79 Å². The summed E-state index contributed by atoms with van der Waals surface area (Å²) in [7, 11) is 0. The van der Waals surface area contributed by atoms with Gasteiger partial charge in [0.2, 0.25) is 5.91 Å². The first kappa shape index (κ1) is 11.2. The van der Waals surface area contributed by atoms with Crippen molar-refractivity contribution in [3.63, 3.8) is 0 Å². The Bertz CT molecular complexity index is 557. The third-order valence-electron chi connectivity index (χ3n) is 3.33. The smallest absolute Gasteiger partial charge is 0.241 e. The molecule has 0 bridgehead atoms. The molecule has 1 atom stereocenters. The number of hydrogen-bond donors (Lipinski definition) is 3. The lowest BCUT2D eigenvalue weighted by Crippen LogP contribution is -2.43. The van der Waals surface area contributed by atoms with Gasteiger partial charge in [-0.1, -0.05) is 6.42 Å². The molecular formula is C13H16N4O. The van der Waals surface area contributed by atoms with Crippen LogP contribution in [0.3, 0.4) is 0 Å². The van der Waals surface area contributed by atoms with Crippen LogP contribution < -0.4 is 10.6 Å². The van der Waals surface area contributed by atoms with E-state index in [2.05, 4.69) is 20.8 Å². The number of carbonyl (C=O) groups is 1. The van der Waals surface area contributed by atoms with Gasteiger partial charge in [-0.05, 0) is 37.6 Å². The second-order valence-corrected chi connectivity index (χ2v) is 4.66. The summed E-state index contributed by atoms with van der Waals surface area (Å²) in [6.45, 7) is 0.929. The summed E-state index contributed by atoms with van der Waals surface area (Å²) in [5, 5.41) is 14.0. The summed E-state index contributed by atoms with van der Waals surface area (Å²) in [6.07, 6.45) is 4.94. The van der Waals surface area contributed by atoms with Gasteiger partial charge in [0, 0.05) is 11.1 Å². The largest absolute Gasteiger partial charge is 0.325 e. The number of fused-ring (bicyclic) bond motifs is 1. The van der Waals surface area contributed by atoms with Gasteiger partial charge >= 0.3 is 0 Å². The highest BCUT2D eigenvalue weighted by Crippen LogP contribution is 2.17. The van der Waals surface area contributed by atoms with E-state index < -0.39 is 0 Å². The van der Waals surface area contributed by atoms with Crippen molar-refractivity contribution in [1.82, 2.24) is 15.5 Å². The fourth-order valence-corrected chi connectivity index (χ4v) is 2.33. The molecule has 0 radical (unpaired) electrons. The molecule has 3 N–H and O–H groups in total. The van der Waals surface area contributed by atoms with Crippen LogP contribution in [0.1, 0.15) is 19.3 Å². The molecule has 0 saturated carbocycles. The van der Waals surface area contributed by atoms with Gasteiger partial charge in [0.1, 0.15) is 0 Å². The summed E-state index contributed by atoms with van der Waals surface area (Å²) in [6, 6.07) is 5.69. The highest BCUT2D eigenvalue weighted by atomic mass is 16.2. The average molecular weight is 244 g/mol. The molecule has 0 unspecified atom stereocenters. The summed E-state index contributed by atoms with van der Waals surface area (Å²) in [5.74, 6) is 0.0533. The fraction of sp³-hybridized carbons (Fsp3) is 0.385. The number of anilines is 1. The number of amides is 1. The van der Waals surface area contributed by atoms with E-state index in [0.717, 1.165) is 42.4 Å². The quantitative estimate of drug-likeness (QED) is 0.752. The predicted molar refractivity (Wildman–Crippen MR) is 70.4 cm³/mol. The molecule has 94 valence electrons. The average Bonchev–Trinajstić information content (AvgIpc) is 2.87. The van der Waals surface area contributed by atoms with Crippen LogP contribution in [0.2, 0.25) is 0 Å². The molecule has 5 nitrogen and oxygen atoms in total. The highest BCUT2D eigenvalue weighted by Gasteiger charge is 2.20. The second kappa shape index (κ2) is 4.78. The molecule has 1 amide bonds. The number of rotatable bonds is 2. The third kappa shape index (κ3) is 2.22. The maximum absolute atomic E-state index is 12.0. The molecule has 18 heavy (non-hydrogen) atoms. The summed E-state index contributed by atoms with van der Waals surface area (Å²) < 4.78 is 0. The molecule has 2 aromatic rings. The Hall–Kier alpha value is -1.88. The molecule has 1 aromatic carbocycles. The maximum atomic E-state index is 12.0. The zero-order valence-corrected chi connectivity index (χ0v) is 10.1. The van der Waals surface area contributed by atoms with E-state index in [9.17, 15) is 4.79 Å². The normalized spacial score (nSPS) is 19.9. The molecule has 0 aliphatic carbocycles. The molecule has 1 aliphatic heterocycles. The first-order valence-corrected chi connectivity index (χ1v) is 6.30. The van der Waals surface area contributed by atoms with Crippen molar-refractivity contribution in [1.29, 1.82) is 0 Å².